The van der Waals surface area contributed by atoms with Gasteiger partial charge in [0.2, 0.25) is 0 Å². The van der Waals surface area contributed by atoms with Crippen LogP contribution in [0.2, 0.25) is 0 Å². The first-order chi connectivity index (χ1) is 4.38. The molecule has 0 spiro atoms. The molecule has 0 saturated carbocycles. The molecule has 0 aromatic carbocycles. The van der Waals surface area contributed by atoms with Crippen molar-refractivity contribution < 1.29 is 0 Å². The van der Waals surface area contributed by atoms with Crippen LogP contribution >= 0.6 is 0 Å². The molecule has 1 aliphatic heterocycles. The number of nitrogens with zero attached hydrogens (tertiary/aromatic N) is 4. The van der Waals surface area contributed by atoms with Crippen molar-refractivity contribution in [1.29, 1.82) is 10.5 Å². The lowest BCUT2D eigenvalue weighted by Crippen LogP contribution is -1.91. The van der Waals surface area contributed by atoms with E-state index in [1.54, 1.807) is 12.1 Å². The molecule has 0 aromatic rings. The lowest BCUT2D eigenvalue weighted by molar-refractivity contribution is 0.972. The van der Waals surface area contributed by atoms with Crippen molar-refractivity contribution in [2.75, 3.05) is 0 Å². The minimum atomic E-state index is 0.0949. The summed E-state index contributed by atoms with van der Waals surface area (Å²) in [5.74, 6) is 0. The molecule has 0 saturated heterocycles. The molecule has 0 unspecified atom stereocenters. The molecule has 0 atom stereocenters. The molecule has 4 nitrogen and oxygen atoms in total. The van der Waals surface area contributed by atoms with Gasteiger partial charge < -0.3 is 0 Å². The molecular weight excluding hydrogens is 116 g/mol. The Morgan fingerprint density at radius 3 is 2.56 bits per heavy atom. The zero-order valence-corrected chi connectivity index (χ0v) is 4.37. The van der Waals surface area contributed by atoms with Crippen molar-refractivity contribution in [1.82, 2.24) is 5.43 Å². The third kappa shape index (κ3) is 0.731. The third-order valence-electron chi connectivity index (χ3n) is 0.826. The minimum Gasteiger partial charge on any atom is -0.192 e. The molecule has 0 fully saturated rings. The van der Waals surface area contributed by atoms with Crippen LogP contribution in [0.25, 0.3) is 0 Å². The Balaban J connectivity index is 2.94. The van der Waals surface area contributed by atoms with Crippen molar-refractivity contribution in [2.45, 2.75) is 0 Å². The summed E-state index contributed by atoms with van der Waals surface area (Å²) >= 11 is 0. The van der Waals surface area contributed by atoms with Crippen LogP contribution in [-0.2, 0) is 0 Å². The molecule has 0 aliphatic carbocycles. The summed E-state index contributed by atoms with van der Waals surface area (Å²) in [5.41, 5.74) is 3.70. The van der Waals surface area contributed by atoms with Gasteiger partial charge in [-0.2, -0.15) is 15.9 Å². The van der Waals surface area contributed by atoms with E-state index >= 15 is 0 Å². The standard InChI is InChI=1S/C5HN4/c6-1-4-3-8-9-5(4)2-7/h3H. The fraction of sp³-hybridized carbons (Fsp3) is 0. The lowest BCUT2D eigenvalue weighted by Gasteiger charge is -1.75. The van der Waals surface area contributed by atoms with Crippen LogP contribution in [0.4, 0.5) is 0 Å². The fourth-order valence-electron chi connectivity index (χ4n) is 0.424. The summed E-state index contributed by atoms with van der Waals surface area (Å²) in [6.07, 6.45) is 1.26. The highest BCUT2D eigenvalue weighted by Gasteiger charge is 2.10. The van der Waals surface area contributed by atoms with E-state index < -0.39 is 0 Å². The van der Waals surface area contributed by atoms with Crippen molar-refractivity contribution in [3.8, 4) is 12.1 Å². The number of hydrogen-bond donors (Lipinski definition) is 0. The summed E-state index contributed by atoms with van der Waals surface area (Å²) in [4.78, 5) is 0. The second-order valence-corrected chi connectivity index (χ2v) is 1.33. The minimum absolute atomic E-state index is 0.0949. The Morgan fingerprint density at radius 1 is 1.33 bits per heavy atom. The highest BCUT2D eigenvalue weighted by atomic mass is 15.3. The number of nitriles is 2. The first kappa shape index (κ1) is 5.33. The van der Waals surface area contributed by atoms with E-state index in [1.165, 1.54) is 6.20 Å². The average Bonchev–Trinajstić information content (AvgIpc) is 2.33. The smallest absolute Gasteiger partial charge is 0.182 e. The molecule has 0 aromatic heterocycles. The van der Waals surface area contributed by atoms with Crippen LogP contribution in [-0.4, -0.2) is 5.71 Å². The van der Waals surface area contributed by atoms with Gasteiger partial charge >= 0.3 is 0 Å². The maximum atomic E-state index is 8.26. The van der Waals surface area contributed by atoms with Crippen LogP contribution in [0.1, 0.15) is 0 Å². The van der Waals surface area contributed by atoms with Crippen LogP contribution in [0.3, 0.4) is 0 Å². The van der Waals surface area contributed by atoms with Gasteiger partial charge in [-0.3, -0.25) is 0 Å². The van der Waals surface area contributed by atoms with Crippen molar-refractivity contribution >= 4 is 5.71 Å². The Labute approximate surface area is 51.7 Å². The summed E-state index contributed by atoms with van der Waals surface area (Å²) in [7, 11) is 0. The molecule has 1 radical (unpaired) electrons. The Morgan fingerprint density at radius 2 is 2.11 bits per heavy atom. The molecule has 1 heterocycles. The monoisotopic (exact) mass is 117 g/mol. The van der Waals surface area contributed by atoms with Crippen molar-refractivity contribution in [2.24, 2.45) is 5.10 Å². The lowest BCUT2D eigenvalue weighted by atomic mass is 10.2. The molecular formula is C5HN4. The van der Waals surface area contributed by atoms with Gasteiger partial charge in [-0.1, -0.05) is 0 Å². The molecule has 9 heavy (non-hydrogen) atoms. The second-order valence-electron chi connectivity index (χ2n) is 1.33. The van der Waals surface area contributed by atoms with E-state index in [4.69, 9.17) is 10.5 Å². The average molecular weight is 117 g/mol. The number of allylic oxidation sites excluding steroid dienone is 1. The highest BCUT2D eigenvalue weighted by molar-refractivity contribution is 6.14. The Hall–Kier alpha value is -1.81. The summed E-state index contributed by atoms with van der Waals surface area (Å²) < 4.78 is 0. The normalized spacial score (nSPS) is 14.4. The van der Waals surface area contributed by atoms with Gasteiger partial charge in [-0.15, -0.1) is 5.10 Å². The zero-order valence-electron chi connectivity index (χ0n) is 4.37. The summed E-state index contributed by atoms with van der Waals surface area (Å²) in [6, 6.07) is 3.51. The largest absolute Gasteiger partial charge is 0.192 e. The van der Waals surface area contributed by atoms with Gasteiger partial charge in [0.15, 0.2) is 5.71 Å². The first-order valence-corrected chi connectivity index (χ1v) is 2.17. The van der Waals surface area contributed by atoms with Crippen LogP contribution < -0.4 is 5.43 Å². The molecule has 1 aliphatic rings. The Kier molecular flexibility index (Phi) is 1.17. The van der Waals surface area contributed by atoms with Gasteiger partial charge in [0.25, 0.3) is 0 Å². The van der Waals surface area contributed by atoms with Crippen molar-refractivity contribution in [3.05, 3.63) is 11.8 Å². The van der Waals surface area contributed by atoms with E-state index in [0.717, 1.165) is 0 Å². The SMILES string of the molecule is N#CC1=C[N]N=C1C#N. The first-order valence-electron chi connectivity index (χ1n) is 2.17. The van der Waals surface area contributed by atoms with Gasteiger partial charge in [0, 0.05) is 0 Å². The number of rotatable bonds is 0. The summed E-state index contributed by atoms with van der Waals surface area (Å²) in [6.45, 7) is 0. The van der Waals surface area contributed by atoms with Gasteiger partial charge in [0.1, 0.15) is 17.7 Å². The van der Waals surface area contributed by atoms with Crippen LogP contribution in [0.15, 0.2) is 16.9 Å². The van der Waals surface area contributed by atoms with E-state index in [2.05, 4.69) is 10.5 Å². The second kappa shape index (κ2) is 1.97. The molecule has 0 amide bonds. The van der Waals surface area contributed by atoms with Crippen LogP contribution in [0, 0.1) is 22.7 Å². The predicted molar refractivity (Wildman–Crippen MR) is 28.9 cm³/mol. The zero-order chi connectivity index (χ0) is 6.69. The highest BCUT2D eigenvalue weighted by Crippen LogP contribution is 2.00. The maximum absolute atomic E-state index is 8.26. The molecule has 41 valence electrons. The van der Waals surface area contributed by atoms with Crippen LogP contribution in [0.5, 0.6) is 0 Å². The van der Waals surface area contributed by atoms with E-state index in [0.29, 0.717) is 0 Å². The quantitative estimate of drug-likeness (QED) is 0.444. The van der Waals surface area contributed by atoms with Gasteiger partial charge in [0.05, 0.1) is 6.20 Å². The fourth-order valence-corrected chi connectivity index (χ4v) is 0.424. The van der Waals surface area contributed by atoms with E-state index in [-0.39, 0.29) is 11.3 Å². The maximum Gasteiger partial charge on any atom is 0.182 e. The summed E-state index contributed by atoms with van der Waals surface area (Å²) in [5, 5.41) is 19.9. The van der Waals surface area contributed by atoms with E-state index in [1.807, 2.05) is 0 Å². The number of hydrogen-bond acceptors (Lipinski definition) is 3. The van der Waals surface area contributed by atoms with Crippen molar-refractivity contribution in [3.63, 3.8) is 0 Å². The molecule has 0 bridgehead atoms. The Bertz CT molecular complexity index is 232. The third-order valence-corrected chi connectivity index (χ3v) is 0.826. The topological polar surface area (TPSA) is 74.0 Å². The van der Waals surface area contributed by atoms with Gasteiger partial charge in [-0.05, 0) is 0 Å². The molecule has 4 heteroatoms. The predicted octanol–water partition coefficient (Wildman–Crippen LogP) is -0.109. The van der Waals surface area contributed by atoms with Gasteiger partial charge in [-0.25, -0.2) is 0 Å². The molecule has 1 rings (SSSR count). The molecule has 0 N–H and O–H groups in total. The van der Waals surface area contributed by atoms with E-state index in [9.17, 15) is 0 Å².